The number of para-hydroxylation sites is 1. The Morgan fingerprint density at radius 1 is 1.05 bits per heavy atom. The maximum Gasteiger partial charge on any atom is 0.459 e. The van der Waals surface area contributed by atoms with Gasteiger partial charge in [0.2, 0.25) is 0 Å². The van der Waals surface area contributed by atoms with Crippen LogP contribution in [-0.4, -0.2) is 62.4 Å². The van der Waals surface area contributed by atoms with E-state index in [2.05, 4.69) is 32.9 Å². The Bertz CT molecular complexity index is 2130. The van der Waals surface area contributed by atoms with Crippen molar-refractivity contribution >= 4 is 36.7 Å². The molecule has 324 valence electrons. The molecule has 3 heterocycles. The van der Waals surface area contributed by atoms with Gasteiger partial charge in [-0.15, -0.1) is 6.42 Å². The van der Waals surface area contributed by atoms with Crippen LogP contribution in [0.5, 0.6) is 5.75 Å². The molecule has 2 aromatic carbocycles. The van der Waals surface area contributed by atoms with Crippen molar-refractivity contribution in [2.45, 2.75) is 115 Å². The number of unbranched alkanes of at least 4 members (excludes halogenated alkanes) is 5. The summed E-state index contributed by atoms with van der Waals surface area (Å²) in [6.45, 7) is 5.26. The number of hydrogen-bond acceptors (Lipinski definition) is 12. The first-order chi connectivity index (χ1) is 28.8. The minimum Gasteiger partial charge on any atom is -0.464 e. The van der Waals surface area contributed by atoms with Crippen LogP contribution in [0.25, 0.3) is 11.2 Å². The normalized spacial score (nSPS) is 19.2. The highest BCUT2D eigenvalue weighted by molar-refractivity contribution is 7.52. The maximum absolute atomic E-state index is 15.0. The largest absolute Gasteiger partial charge is 0.464 e. The Morgan fingerprint density at radius 3 is 2.43 bits per heavy atom. The molecule has 0 radical (unpaired) electrons. The lowest BCUT2D eigenvalue weighted by atomic mass is 9.98. The molecular formula is C42H52F3N6O8P. The minimum atomic E-state index is -4.77. The zero-order chi connectivity index (χ0) is 43.3. The Labute approximate surface area is 347 Å². The molecule has 1 aliphatic rings. The highest BCUT2D eigenvalue weighted by Crippen LogP contribution is 2.49. The van der Waals surface area contributed by atoms with E-state index < -0.39 is 74.4 Å². The molecule has 5 rings (SSSR count). The number of nitrogens with zero attached hydrogens (tertiary/aromatic N) is 4. The fourth-order valence-electron chi connectivity index (χ4n) is 6.79. The Kier molecular flexibility index (Phi) is 16.5. The number of nitrogens with two attached hydrogens (primary N) is 1. The van der Waals surface area contributed by atoms with Crippen LogP contribution in [0.3, 0.4) is 0 Å². The van der Waals surface area contributed by atoms with Gasteiger partial charge >= 0.3 is 25.8 Å². The summed E-state index contributed by atoms with van der Waals surface area (Å²) in [4.78, 5) is 38.7. The molecular weight excluding hydrogens is 804 g/mol. The van der Waals surface area contributed by atoms with Crippen molar-refractivity contribution in [1.82, 2.24) is 24.6 Å². The zero-order valence-corrected chi connectivity index (χ0v) is 34.9. The van der Waals surface area contributed by atoms with Crippen molar-refractivity contribution in [1.29, 1.82) is 0 Å². The minimum absolute atomic E-state index is 0.0144. The van der Waals surface area contributed by atoms with E-state index in [4.69, 9.17) is 35.4 Å². The fourth-order valence-corrected chi connectivity index (χ4v) is 8.31. The second-order valence-corrected chi connectivity index (χ2v) is 16.4. The summed E-state index contributed by atoms with van der Waals surface area (Å²) < 4.78 is 89.4. The van der Waals surface area contributed by atoms with Gasteiger partial charge in [-0.2, -0.15) is 19.4 Å². The number of ether oxygens (including phenoxy) is 3. The summed E-state index contributed by atoms with van der Waals surface area (Å²) >= 11 is 0. The van der Waals surface area contributed by atoms with Crippen LogP contribution in [-0.2, 0) is 39.3 Å². The first-order valence-electron chi connectivity index (χ1n) is 20.2. The molecule has 1 aliphatic heterocycles. The number of fused-ring (bicyclic) bond motifs is 1. The molecule has 3 N–H and O–H groups in total. The van der Waals surface area contributed by atoms with Gasteiger partial charge in [0.25, 0.3) is 0 Å². The van der Waals surface area contributed by atoms with E-state index >= 15 is 0 Å². The number of carbonyl (C=O) groups excluding carboxylic acids is 2. The number of halogens is 3. The van der Waals surface area contributed by atoms with E-state index in [0.29, 0.717) is 25.3 Å². The van der Waals surface area contributed by atoms with Gasteiger partial charge in [-0.3, -0.25) is 18.7 Å². The second-order valence-electron chi connectivity index (χ2n) is 14.7. The average molecular weight is 857 g/mol. The standard InChI is InChI=1S/C42H52F3N6O8P/c1-5-9-10-11-12-16-19-36(52)57-34-24-35(51-27-47-37-38(46)48-41(45)49-39(37)51)58-42(34,8-4)26-56-60(54,59-32-17-14-13-15-18-32)50-33(40(53)55-25-28(6-2)7-3)22-29-20-30(43)23-31(44)21-29/h4,13-15,17-18,20-21,23,27-28,33-35H,5-7,9-12,16,19,22,24-26H2,1-3H3,(H,50,54)(H2,46,48,49)/t33?,34?,35?,42?,60-/m0/s1. The third-order valence-electron chi connectivity index (χ3n) is 10.3. The highest BCUT2D eigenvalue weighted by Gasteiger charge is 2.53. The molecule has 18 heteroatoms. The number of nitrogen functional groups attached to an aromatic ring is 1. The van der Waals surface area contributed by atoms with E-state index in [1.807, 2.05) is 13.8 Å². The lowest BCUT2D eigenvalue weighted by Crippen LogP contribution is -2.46. The number of terminal acetylenes is 1. The molecule has 14 nitrogen and oxygen atoms in total. The van der Waals surface area contributed by atoms with Gasteiger partial charge in [0.15, 0.2) is 22.6 Å². The molecule has 0 spiro atoms. The fraction of sp³-hybridized carbons (Fsp3) is 0.500. The van der Waals surface area contributed by atoms with Crippen LogP contribution in [0.1, 0.15) is 96.8 Å². The van der Waals surface area contributed by atoms with Crippen LogP contribution in [0.4, 0.5) is 19.0 Å². The predicted molar refractivity (Wildman–Crippen MR) is 217 cm³/mol. The molecule has 1 saturated heterocycles. The third kappa shape index (κ3) is 12.3. The number of benzene rings is 2. The van der Waals surface area contributed by atoms with Crippen LogP contribution < -0.4 is 15.3 Å². The van der Waals surface area contributed by atoms with E-state index in [0.717, 1.165) is 44.2 Å². The van der Waals surface area contributed by atoms with Gasteiger partial charge in [-0.05, 0) is 48.6 Å². The summed E-state index contributed by atoms with van der Waals surface area (Å²) in [5, 5.41) is 2.64. The first kappa shape index (κ1) is 46.1. The van der Waals surface area contributed by atoms with Crippen molar-refractivity contribution in [3.05, 3.63) is 78.1 Å². The number of hydrogen-bond donors (Lipinski definition) is 2. The van der Waals surface area contributed by atoms with Crippen molar-refractivity contribution in [2.24, 2.45) is 5.92 Å². The Balaban J connectivity index is 1.47. The van der Waals surface area contributed by atoms with Gasteiger partial charge in [0, 0.05) is 18.9 Å². The SMILES string of the molecule is C#CC1(CO[P@@](=O)(NC(Cc2cc(F)cc(F)c2)C(=O)OCC(CC)CC)Oc2ccccc2)OC(n2cnc3c(N)nc(F)nc32)CC1OC(=O)CCCCCCCC. The first-order valence-corrected chi connectivity index (χ1v) is 21.7. The molecule has 5 atom stereocenters. The molecule has 4 aromatic rings. The zero-order valence-electron chi connectivity index (χ0n) is 34.0. The number of aromatic nitrogens is 4. The number of esters is 2. The van der Waals surface area contributed by atoms with Crippen LogP contribution in [0, 0.1) is 36.0 Å². The van der Waals surface area contributed by atoms with Gasteiger partial charge in [-0.1, -0.05) is 89.8 Å². The summed E-state index contributed by atoms with van der Waals surface area (Å²) in [5.74, 6) is -0.868. The van der Waals surface area contributed by atoms with E-state index in [1.165, 1.54) is 23.0 Å². The number of imidazole rings is 1. The summed E-state index contributed by atoms with van der Waals surface area (Å²) in [6, 6.07) is 9.10. The molecule has 4 unspecified atom stereocenters. The predicted octanol–water partition coefficient (Wildman–Crippen LogP) is 8.16. The van der Waals surface area contributed by atoms with E-state index in [-0.39, 0.29) is 53.7 Å². The van der Waals surface area contributed by atoms with Gasteiger partial charge in [-0.25, -0.2) is 18.3 Å². The number of anilines is 1. The lowest BCUT2D eigenvalue weighted by molar-refractivity contribution is -0.158. The van der Waals surface area contributed by atoms with Gasteiger partial charge < -0.3 is 24.5 Å². The monoisotopic (exact) mass is 856 g/mol. The Hall–Kier alpha value is -5.01. The van der Waals surface area contributed by atoms with Crippen molar-refractivity contribution in [3.8, 4) is 18.1 Å². The Morgan fingerprint density at radius 2 is 1.75 bits per heavy atom. The number of rotatable bonds is 23. The maximum atomic E-state index is 15.0. The molecule has 0 amide bonds. The van der Waals surface area contributed by atoms with Crippen molar-refractivity contribution < 1.29 is 50.6 Å². The summed E-state index contributed by atoms with van der Waals surface area (Å²) in [7, 11) is -4.77. The topological polar surface area (TPSA) is 179 Å². The smallest absolute Gasteiger partial charge is 0.459 e. The quantitative estimate of drug-likeness (QED) is 0.0240. The van der Waals surface area contributed by atoms with Crippen molar-refractivity contribution in [3.63, 3.8) is 0 Å². The third-order valence-corrected chi connectivity index (χ3v) is 11.8. The number of nitrogens with one attached hydrogen (secondary N) is 1. The molecule has 0 bridgehead atoms. The van der Waals surface area contributed by atoms with Crippen molar-refractivity contribution in [2.75, 3.05) is 18.9 Å². The molecule has 2 aromatic heterocycles. The molecule has 0 aliphatic carbocycles. The second kappa shape index (κ2) is 21.5. The summed E-state index contributed by atoms with van der Waals surface area (Å²) in [5.41, 5.74) is 4.03. The van der Waals surface area contributed by atoms with Crippen LogP contribution >= 0.6 is 7.75 Å². The van der Waals surface area contributed by atoms with Gasteiger partial charge in [0.1, 0.15) is 42.4 Å². The highest BCUT2D eigenvalue weighted by atomic mass is 31.2. The van der Waals surface area contributed by atoms with E-state index in [9.17, 15) is 27.3 Å². The average Bonchev–Trinajstić information content (AvgIpc) is 3.80. The summed E-state index contributed by atoms with van der Waals surface area (Å²) in [6.07, 6.45) is 10.5. The molecule has 60 heavy (non-hydrogen) atoms. The number of carbonyl (C=O) groups is 2. The molecule has 0 saturated carbocycles. The van der Waals surface area contributed by atoms with E-state index in [1.54, 1.807) is 18.2 Å². The molecule has 1 fully saturated rings. The van der Waals surface area contributed by atoms with Crippen LogP contribution in [0.15, 0.2) is 54.9 Å². The van der Waals surface area contributed by atoms with Crippen LogP contribution in [0.2, 0.25) is 0 Å². The van der Waals surface area contributed by atoms with Gasteiger partial charge in [0.05, 0.1) is 12.9 Å². The lowest BCUT2D eigenvalue weighted by Gasteiger charge is -2.31.